The highest BCUT2D eigenvalue weighted by molar-refractivity contribution is 9.10. The lowest BCUT2D eigenvalue weighted by molar-refractivity contribution is 0.160. The average molecular weight is 470 g/mol. The van der Waals surface area contributed by atoms with E-state index in [4.69, 9.17) is 0 Å². The molecule has 30 heavy (non-hydrogen) atoms. The zero-order valence-electron chi connectivity index (χ0n) is 17.3. The molecule has 1 aliphatic heterocycles. The van der Waals surface area contributed by atoms with Crippen LogP contribution < -0.4 is 10.2 Å². The van der Waals surface area contributed by atoms with Crippen molar-refractivity contribution in [1.29, 1.82) is 0 Å². The Morgan fingerprint density at radius 3 is 2.83 bits per heavy atom. The SMILES string of the molecule is Cc1ccc([C@@H]2C[C@H]2NC(=O)N(C2CC2)[C@@H]2CCCN(c3cccnn3)C2)cc1Br. The van der Waals surface area contributed by atoms with Gasteiger partial charge in [-0.2, -0.15) is 5.10 Å². The molecular formula is C23H28BrN5O. The van der Waals surface area contributed by atoms with Gasteiger partial charge < -0.3 is 15.1 Å². The molecule has 0 spiro atoms. The van der Waals surface area contributed by atoms with Crippen LogP contribution in [-0.2, 0) is 0 Å². The second kappa shape index (κ2) is 8.17. The van der Waals surface area contributed by atoms with Gasteiger partial charge >= 0.3 is 6.03 Å². The first-order valence-electron chi connectivity index (χ1n) is 11.0. The highest BCUT2D eigenvalue weighted by Gasteiger charge is 2.44. The van der Waals surface area contributed by atoms with E-state index in [1.165, 1.54) is 11.1 Å². The second-order valence-corrected chi connectivity index (χ2v) is 9.72. The summed E-state index contributed by atoms with van der Waals surface area (Å²) < 4.78 is 1.14. The van der Waals surface area contributed by atoms with E-state index in [1.807, 2.05) is 12.1 Å². The Kier molecular flexibility index (Phi) is 5.39. The number of hydrogen-bond acceptors (Lipinski definition) is 4. The first-order valence-corrected chi connectivity index (χ1v) is 11.8. The molecule has 158 valence electrons. The van der Waals surface area contributed by atoms with Crippen LogP contribution in [0, 0.1) is 6.92 Å². The molecule has 7 heteroatoms. The molecule has 0 bridgehead atoms. The fourth-order valence-electron chi connectivity index (χ4n) is 4.63. The smallest absolute Gasteiger partial charge is 0.318 e. The molecule has 3 aliphatic rings. The second-order valence-electron chi connectivity index (χ2n) is 8.87. The monoisotopic (exact) mass is 469 g/mol. The molecule has 0 radical (unpaired) electrons. The topological polar surface area (TPSA) is 61.4 Å². The summed E-state index contributed by atoms with van der Waals surface area (Å²) in [6.07, 6.45) is 7.09. The van der Waals surface area contributed by atoms with Gasteiger partial charge in [-0.15, -0.1) is 5.10 Å². The Morgan fingerprint density at radius 2 is 2.10 bits per heavy atom. The Labute approximate surface area is 186 Å². The van der Waals surface area contributed by atoms with E-state index < -0.39 is 0 Å². The van der Waals surface area contributed by atoms with Crippen molar-refractivity contribution in [2.45, 2.75) is 63.1 Å². The van der Waals surface area contributed by atoms with Crippen LogP contribution in [-0.4, -0.2) is 52.3 Å². The van der Waals surface area contributed by atoms with Crippen LogP contribution in [0.1, 0.15) is 49.1 Å². The van der Waals surface area contributed by atoms with Gasteiger partial charge in [0, 0.05) is 41.8 Å². The van der Waals surface area contributed by atoms with Crippen LogP contribution in [0.3, 0.4) is 0 Å². The third-order valence-electron chi connectivity index (χ3n) is 6.57. The van der Waals surface area contributed by atoms with E-state index in [2.05, 4.69) is 66.4 Å². The van der Waals surface area contributed by atoms with Crippen LogP contribution in [0.4, 0.5) is 10.6 Å². The van der Waals surface area contributed by atoms with Gasteiger partial charge in [-0.25, -0.2) is 4.79 Å². The zero-order chi connectivity index (χ0) is 20.7. The fraction of sp³-hybridized carbons (Fsp3) is 0.522. The lowest BCUT2D eigenvalue weighted by Crippen LogP contribution is -2.54. The summed E-state index contributed by atoms with van der Waals surface area (Å²) in [4.78, 5) is 17.7. The van der Waals surface area contributed by atoms with Gasteiger partial charge in [0.25, 0.3) is 0 Å². The predicted octanol–water partition coefficient (Wildman–Crippen LogP) is 4.25. The standard InChI is InChI=1S/C23H28BrN5O/c1-15-6-7-16(12-20(15)24)19-13-21(19)26-23(30)29(17-8-9-17)18-4-3-11-28(14-18)22-5-2-10-25-27-22/h2,5-7,10,12,17-19,21H,3-4,8-9,11,13-14H2,1H3,(H,26,30)/t18-,19+,21-/m1/s1. The molecule has 0 unspecified atom stereocenters. The van der Waals surface area contributed by atoms with Crippen molar-refractivity contribution >= 4 is 27.8 Å². The van der Waals surface area contributed by atoms with Gasteiger partial charge in [-0.3, -0.25) is 0 Å². The number of amides is 2. The van der Waals surface area contributed by atoms with Crippen molar-refractivity contribution in [3.63, 3.8) is 0 Å². The molecule has 3 fully saturated rings. The van der Waals surface area contributed by atoms with Crippen LogP contribution >= 0.6 is 15.9 Å². The van der Waals surface area contributed by atoms with E-state index in [-0.39, 0.29) is 18.1 Å². The van der Waals surface area contributed by atoms with E-state index in [0.29, 0.717) is 12.0 Å². The van der Waals surface area contributed by atoms with E-state index >= 15 is 0 Å². The van der Waals surface area contributed by atoms with Crippen molar-refractivity contribution in [2.75, 3.05) is 18.0 Å². The lowest BCUT2D eigenvalue weighted by Gasteiger charge is -2.40. The summed E-state index contributed by atoms with van der Waals surface area (Å²) in [7, 11) is 0. The number of carbonyl (C=O) groups excluding carboxylic acids is 1. The molecule has 2 amide bonds. The molecule has 1 saturated heterocycles. The normalized spacial score (nSPS) is 25.7. The van der Waals surface area contributed by atoms with Crippen LogP contribution in [0.15, 0.2) is 41.0 Å². The molecule has 2 aromatic rings. The van der Waals surface area contributed by atoms with E-state index in [0.717, 1.165) is 55.5 Å². The van der Waals surface area contributed by atoms with Gasteiger partial charge in [0.1, 0.15) is 0 Å². The van der Waals surface area contributed by atoms with Gasteiger partial charge in [0.15, 0.2) is 5.82 Å². The maximum Gasteiger partial charge on any atom is 0.318 e. The van der Waals surface area contributed by atoms with Gasteiger partial charge in [-0.1, -0.05) is 28.1 Å². The lowest BCUT2D eigenvalue weighted by atomic mass is 10.0. The van der Waals surface area contributed by atoms with E-state index in [9.17, 15) is 4.79 Å². The number of hydrogen-bond donors (Lipinski definition) is 1. The number of piperidine rings is 1. The number of aryl methyl sites for hydroxylation is 1. The van der Waals surface area contributed by atoms with Gasteiger partial charge in [0.2, 0.25) is 0 Å². The molecule has 2 aliphatic carbocycles. The quantitative estimate of drug-likeness (QED) is 0.710. The minimum absolute atomic E-state index is 0.113. The highest BCUT2D eigenvalue weighted by atomic mass is 79.9. The molecular weight excluding hydrogens is 442 g/mol. The Bertz CT molecular complexity index is 919. The average Bonchev–Trinajstić information content (AvgIpc) is 3.68. The Balaban J connectivity index is 1.24. The first kappa shape index (κ1) is 19.8. The number of urea groups is 1. The summed E-state index contributed by atoms with van der Waals surface area (Å²) in [5.74, 6) is 1.33. The van der Waals surface area contributed by atoms with Crippen LogP contribution in [0.25, 0.3) is 0 Å². The largest absolute Gasteiger partial charge is 0.353 e. The third kappa shape index (κ3) is 4.17. The Morgan fingerprint density at radius 1 is 1.23 bits per heavy atom. The summed E-state index contributed by atoms with van der Waals surface area (Å²) in [5.41, 5.74) is 2.55. The number of aromatic nitrogens is 2. The van der Waals surface area contributed by atoms with Crippen molar-refractivity contribution in [3.05, 3.63) is 52.1 Å². The molecule has 1 N–H and O–H groups in total. The number of anilines is 1. The summed E-state index contributed by atoms with van der Waals surface area (Å²) in [6.45, 7) is 3.91. The number of carbonyl (C=O) groups is 1. The Hall–Kier alpha value is -2.15. The summed E-state index contributed by atoms with van der Waals surface area (Å²) >= 11 is 3.63. The molecule has 6 nitrogen and oxygen atoms in total. The fourth-order valence-corrected chi connectivity index (χ4v) is 5.03. The number of rotatable bonds is 5. The predicted molar refractivity (Wildman–Crippen MR) is 121 cm³/mol. The molecule has 2 heterocycles. The van der Waals surface area contributed by atoms with Gasteiger partial charge in [0.05, 0.1) is 6.04 Å². The number of benzene rings is 1. The van der Waals surface area contributed by atoms with Crippen molar-refractivity contribution < 1.29 is 4.79 Å². The van der Waals surface area contributed by atoms with Gasteiger partial charge in [-0.05, 0) is 68.4 Å². The zero-order valence-corrected chi connectivity index (χ0v) is 18.9. The van der Waals surface area contributed by atoms with E-state index in [1.54, 1.807) is 6.20 Å². The number of halogens is 1. The molecule has 2 saturated carbocycles. The van der Waals surface area contributed by atoms with Crippen LogP contribution in [0.2, 0.25) is 0 Å². The summed E-state index contributed by atoms with van der Waals surface area (Å²) in [6, 6.07) is 11.5. The molecule has 1 aromatic carbocycles. The molecule has 1 aromatic heterocycles. The maximum atomic E-state index is 13.3. The number of nitrogens with zero attached hydrogens (tertiary/aromatic N) is 4. The van der Waals surface area contributed by atoms with Crippen molar-refractivity contribution in [3.8, 4) is 0 Å². The van der Waals surface area contributed by atoms with Crippen molar-refractivity contribution in [2.24, 2.45) is 0 Å². The highest BCUT2D eigenvalue weighted by Crippen LogP contribution is 2.42. The maximum absolute atomic E-state index is 13.3. The third-order valence-corrected chi connectivity index (χ3v) is 7.42. The summed E-state index contributed by atoms with van der Waals surface area (Å²) in [5, 5.41) is 11.6. The number of nitrogens with one attached hydrogen (secondary N) is 1. The molecule has 3 atom stereocenters. The molecule has 5 rings (SSSR count). The minimum Gasteiger partial charge on any atom is -0.353 e. The first-order chi connectivity index (χ1) is 14.6. The van der Waals surface area contributed by atoms with Crippen molar-refractivity contribution in [1.82, 2.24) is 20.4 Å². The van der Waals surface area contributed by atoms with Crippen LogP contribution in [0.5, 0.6) is 0 Å². The minimum atomic E-state index is 0.113.